The van der Waals surface area contributed by atoms with Gasteiger partial charge in [-0.1, -0.05) is 39.1 Å². The van der Waals surface area contributed by atoms with Gasteiger partial charge in [0.05, 0.1) is 21.2 Å². The number of nitrogens with zero attached hydrogens (tertiary/aromatic N) is 1. The van der Waals surface area contributed by atoms with Crippen LogP contribution in [0.15, 0.2) is 12.1 Å². The van der Waals surface area contributed by atoms with Gasteiger partial charge in [-0.3, -0.25) is 14.5 Å². The Kier molecular flexibility index (Phi) is 4.30. The first kappa shape index (κ1) is 13.8. The first-order valence-electron chi connectivity index (χ1n) is 5.48. The minimum Gasteiger partial charge on any atom is -0.274 e. The van der Waals surface area contributed by atoms with E-state index in [0.29, 0.717) is 17.1 Å². The molecule has 3 nitrogen and oxygen atoms in total. The second-order valence-electron chi connectivity index (χ2n) is 3.94. The van der Waals surface area contributed by atoms with E-state index in [2.05, 4.69) is 15.9 Å². The average Bonchev–Trinajstić information content (AvgIpc) is 2.59. The highest BCUT2D eigenvalue weighted by Crippen LogP contribution is 2.34. The molecule has 0 unspecified atom stereocenters. The van der Waals surface area contributed by atoms with Crippen LogP contribution in [0.3, 0.4) is 0 Å². The topological polar surface area (TPSA) is 37.4 Å². The van der Waals surface area contributed by atoms with Crippen molar-refractivity contribution in [1.82, 2.24) is 4.90 Å². The van der Waals surface area contributed by atoms with Gasteiger partial charge in [0.2, 0.25) is 0 Å². The number of amides is 2. The molecule has 1 heterocycles. The van der Waals surface area contributed by atoms with Gasteiger partial charge in [-0.15, -0.1) is 0 Å². The molecule has 96 valence electrons. The zero-order valence-corrected chi connectivity index (χ0v) is 12.5. The molecular formula is C12H10BrCl2NO2. The van der Waals surface area contributed by atoms with Crippen LogP contribution in [-0.4, -0.2) is 28.6 Å². The van der Waals surface area contributed by atoms with Crippen LogP contribution in [-0.2, 0) is 0 Å². The Balaban J connectivity index is 2.30. The minimum absolute atomic E-state index is 0.163. The summed E-state index contributed by atoms with van der Waals surface area (Å²) in [5, 5.41) is 1.30. The Morgan fingerprint density at radius 1 is 1.11 bits per heavy atom. The van der Waals surface area contributed by atoms with E-state index in [1.807, 2.05) is 0 Å². The quantitative estimate of drug-likeness (QED) is 0.471. The number of halogens is 3. The lowest BCUT2D eigenvalue weighted by Gasteiger charge is -2.12. The van der Waals surface area contributed by atoms with Crippen LogP contribution in [0.25, 0.3) is 0 Å². The van der Waals surface area contributed by atoms with Gasteiger partial charge in [-0.05, 0) is 25.0 Å². The summed E-state index contributed by atoms with van der Waals surface area (Å²) in [6, 6.07) is 3.09. The fraction of sp³-hybridized carbons (Fsp3) is 0.333. The van der Waals surface area contributed by atoms with E-state index in [1.54, 1.807) is 6.07 Å². The number of hydrogen-bond donors (Lipinski definition) is 0. The maximum Gasteiger partial charge on any atom is 0.263 e. The molecule has 6 heteroatoms. The van der Waals surface area contributed by atoms with Crippen molar-refractivity contribution in [2.24, 2.45) is 0 Å². The number of alkyl halides is 1. The molecule has 0 fully saturated rings. The summed E-state index contributed by atoms with van der Waals surface area (Å²) in [6.45, 7) is 0.409. The van der Waals surface area contributed by atoms with E-state index in [0.717, 1.165) is 18.2 Å². The Morgan fingerprint density at radius 3 is 2.50 bits per heavy atom. The van der Waals surface area contributed by atoms with Gasteiger partial charge in [-0.2, -0.15) is 0 Å². The maximum atomic E-state index is 12.1. The number of carbonyl (C=O) groups excluding carboxylic acids is 2. The lowest BCUT2D eigenvalue weighted by Crippen LogP contribution is -2.30. The monoisotopic (exact) mass is 349 g/mol. The largest absolute Gasteiger partial charge is 0.274 e. The molecule has 0 aromatic heterocycles. The van der Waals surface area contributed by atoms with Crippen LogP contribution in [0.2, 0.25) is 10.0 Å². The molecule has 0 saturated heterocycles. The molecule has 0 spiro atoms. The summed E-state index contributed by atoms with van der Waals surface area (Å²) in [4.78, 5) is 25.4. The summed E-state index contributed by atoms with van der Waals surface area (Å²) >= 11 is 15.2. The van der Waals surface area contributed by atoms with E-state index in [9.17, 15) is 9.59 Å². The van der Waals surface area contributed by atoms with Gasteiger partial charge in [0.25, 0.3) is 11.8 Å². The summed E-state index contributed by atoms with van der Waals surface area (Å²) in [5.74, 6) is -0.639. The number of unbranched alkanes of at least 4 members (excludes halogenated alkanes) is 1. The molecule has 0 atom stereocenters. The zero-order valence-electron chi connectivity index (χ0n) is 9.38. The molecule has 2 amide bonds. The number of fused-ring (bicyclic) bond motifs is 1. The minimum atomic E-state index is -0.350. The van der Waals surface area contributed by atoms with Crippen molar-refractivity contribution in [1.29, 1.82) is 0 Å². The highest BCUT2D eigenvalue weighted by Gasteiger charge is 2.37. The first-order valence-corrected chi connectivity index (χ1v) is 7.35. The summed E-state index contributed by atoms with van der Waals surface area (Å²) in [5.41, 5.74) is 0.571. The van der Waals surface area contributed by atoms with Crippen molar-refractivity contribution in [3.63, 3.8) is 0 Å². The van der Waals surface area contributed by atoms with E-state index >= 15 is 0 Å². The summed E-state index contributed by atoms with van der Waals surface area (Å²) < 4.78 is 0. The number of carbonyl (C=O) groups is 2. The van der Waals surface area contributed by atoms with Gasteiger partial charge in [0.1, 0.15) is 0 Å². The molecule has 0 radical (unpaired) electrons. The zero-order chi connectivity index (χ0) is 13.3. The average molecular weight is 351 g/mol. The molecule has 18 heavy (non-hydrogen) atoms. The highest BCUT2D eigenvalue weighted by atomic mass is 79.9. The molecule has 0 bridgehead atoms. The standard InChI is InChI=1S/C12H10BrCl2NO2/c13-5-1-2-6-16-11(17)7-3-4-8(14)10(15)9(7)12(16)18/h3-4H,1-2,5-6H2. The van der Waals surface area contributed by atoms with Crippen molar-refractivity contribution in [3.05, 3.63) is 33.3 Å². The highest BCUT2D eigenvalue weighted by molar-refractivity contribution is 9.09. The molecular weight excluding hydrogens is 341 g/mol. The van der Waals surface area contributed by atoms with Crippen molar-refractivity contribution in [2.75, 3.05) is 11.9 Å². The van der Waals surface area contributed by atoms with Gasteiger partial charge in [0.15, 0.2) is 0 Å². The van der Waals surface area contributed by atoms with Crippen LogP contribution < -0.4 is 0 Å². The second kappa shape index (κ2) is 5.59. The van der Waals surface area contributed by atoms with Crippen LogP contribution in [0, 0.1) is 0 Å². The normalized spacial score (nSPS) is 14.3. The summed E-state index contributed by atoms with van der Waals surface area (Å²) in [6.07, 6.45) is 1.67. The lowest BCUT2D eigenvalue weighted by atomic mass is 10.1. The molecule has 0 saturated carbocycles. The predicted octanol–water partition coefficient (Wildman–Crippen LogP) is 3.76. The molecule has 0 N–H and O–H groups in total. The number of benzene rings is 1. The fourth-order valence-electron chi connectivity index (χ4n) is 1.88. The number of rotatable bonds is 4. The molecule has 1 aliphatic heterocycles. The molecule has 1 aliphatic rings. The van der Waals surface area contributed by atoms with E-state index in [-0.39, 0.29) is 22.4 Å². The van der Waals surface area contributed by atoms with E-state index < -0.39 is 0 Å². The van der Waals surface area contributed by atoms with Crippen molar-refractivity contribution < 1.29 is 9.59 Å². The smallest absolute Gasteiger partial charge is 0.263 e. The third-order valence-corrected chi connectivity index (χ3v) is 4.16. The second-order valence-corrected chi connectivity index (χ2v) is 5.52. The molecule has 0 aliphatic carbocycles. The van der Waals surface area contributed by atoms with Crippen LogP contribution in [0.1, 0.15) is 33.6 Å². The third-order valence-electron chi connectivity index (χ3n) is 2.79. The Hall–Kier alpha value is -0.580. The molecule has 2 rings (SSSR count). The van der Waals surface area contributed by atoms with Crippen LogP contribution in [0.5, 0.6) is 0 Å². The lowest BCUT2D eigenvalue weighted by molar-refractivity contribution is 0.0652. The predicted molar refractivity (Wildman–Crippen MR) is 74.9 cm³/mol. The van der Waals surface area contributed by atoms with Gasteiger partial charge < -0.3 is 0 Å². The first-order chi connectivity index (χ1) is 8.57. The van der Waals surface area contributed by atoms with Crippen molar-refractivity contribution >= 4 is 50.9 Å². The molecule has 1 aromatic carbocycles. The summed E-state index contributed by atoms with van der Waals surface area (Å²) in [7, 11) is 0. The number of imide groups is 1. The van der Waals surface area contributed by atoms with Crippen molar-refractivity contribution in [3.8, 4) is 0 Å². The SMILES string of the molecule is O=C1c2ccc(Cl)c(Cl)c2C(=O)N1CCCCBr. The maximum absolute atomic E-state index is 12.1. The molecule has 1 aromatic rings. The fourth-order valence-corrected chi connectivity index (χ4v) is 2.68. The van der Waals surface area contributed by atoms with Gasteiger partial charge in [-0.25, -0.2) is 0 Å². The third kappa shape index (κ3) is 2.29. The Bertz CT molecular complexity index is 519. The van der Waals surface area contributed by atoms with Crippen molar-refractivity contribution in [2.45, 2.75) is 12.8 Å². The Labute approximate surface area is 123 Å². The van der Waals surface area contributed by atoms with E-state index in [4.69, 9.17) is 23.2 Å². The van der Waals surface area contributed by atoms with E-state index in [1.165, 1.54) is 11.0 Å². The van der Waals surface area contributed by atoms with Crippen LogP contribution in [0.4, 0.5) is 0 Å². The van der Waals surface area contributed by atoms with Gasteiger partial charge in [0, 0.05) is 11.9 Å². The Morgan fingerprint density at radius 2 is 1.83 bits per heavy atom. The van der Waals surface area contributed by atoms with Gasteiger partial charge >= 0.3 is 0 Å². The number of hydrogen-bond acceptors (Lipinski definition) is 2. The van der Waals surface area contributed by atoms with Crippen LogP contribution >= 0.6 is 39.1 Å².